The number of amides is 1. The summed E-state index contributed by atoms with van der Waals surface area (Å²) in [6.45, 7) is 1.70. The van der Waals surface area contributed by atoms with Gasteiger partial charge < -0.3 is 20.6 Å². The molecule has 4 rings (SSSR count). The van der Waals surface area contributed by atoms with Gasteiger partial charge in [-0.2, -0.15) is 10.2 Å². The number of nitrogens with one attached hydrogen (secondary N) is 3. The number of benzene rings is 1. The van der Waals surface area contributed by atoms with E-state index in [-0.39, 0.29) is 17.5 Å². The lowest BCUT2D eigenvalue weighted by atomic mass is 9.92. The number of aromatic nitrogens is 2. The molecule has 0 radical (unpaired) electrons. The predicted molar refractivity (Wildman–Crippen MR) is 133 cm³/mol. The van der Waals surface area contributed by atoms with Crippen molar-refractivity contribution in [2.24, 2.45) is 5.92 Å². The molecule has 35 heavy (non-hydrogen) atoms. The van der Waals surface area contributed by atoms with Crippen LogP contribution >= 0.6 is 0 Å². The molecule has 0 saturated carbocycles. The molecule has 1 aromatic heterocycles. The maximum atomic E-state index is 13.3. The summed E-state index contributed by atoms with van der Waals surface area (Å²) < 4.78 is 26.9. The lowest BCUT2D eigenvalue weighted by molar-refractivity contribution is 0.102. The van der Waals surface area contributed by atoms with E-state index < -0.39 is 28.3 Å². The van der Waals surface area contributed by atoms with Crippen LogP contribution in [0.25, 0.3) is 0 Å². The topological polar surface area (TPSA) is 160 Å². The molecular formula is C23H29N7O4S. The Bertz CT molecular complexity index is 1230. The molecule has 1 fully saturated rings. The minimum atomic E-state index is -3.72. The second kappa shape index (κ2) is 10.9. The number of carbonyl (C=O) groups is 1. The molecule has 0 aliphatic carbocycles. The average Bonchev–Trinajstić information content (AvgIpc) is 2.83. The van der Waals surface area contributed by atoms with E-state index in [2.05, 4.69) is 30.2 Å². The summed E-state index contributed by atoms with van der Waals surface area (Å²) in [6.07, 6.45) is 5.05. The second-order valence-corrected chi connectivity index (χ2v) is 10.6. The first-order valence-corrected chi connectivity index (χ1v) is 13.4. The van der Waals surface area contributed by atoms with Crippen molar-refractivity contribution in [2.45, 2.75) is 32.1 Å². The summed E-state index contributed by atoms with van der Waals surface area (Å²) in [5.41, 5.74) is 1.46. The van der Waals surface area contributed by atoms with E-state index in [1.54, 1.807) is 12.1 Å². The third-order valence-corrected chi connectivity index (χ3v) is 7.41. The number of hydrogen-bond donors (Lipinski definition) is 4. The summed E-state index contributed by atoms with van der Waals surface area (Å²) in [5.74, 6) is 0.110. The molecule has 0 spiro atoms. The second-order valence-electron chi connectivity index (χ2n) is 8.78. The van der Waals surface area contributed by atoms with Crippen molar-refractivity contribution in [3.05, 3.63) is 35.5 Å². The van der Waals surface area contributed by atoms with Crippen LogP contribution in [0.4, 0.5) is 23.1 Å². The number of aliphatic hydroxyl groups excluding tert-OH is 1. The van der Waals surface area contributed by atoms with Crippen LogP contribution in [0.2, 0.25) is 0 Å². The number of piperidine rings is 1. The fraction of sp³-hybridized carbons (Fsp3) is 0.478. The Morgan fingerprint density at radius 2 is 2.03 bits per heavy atom. The minimum Gasteiger partial charge on any atom is -0.395 e. The van der Waals surface area contributed by atoms with Gasteiger partial charge in [-0.1, -0.05) is 6.42 Å². The van der Waals surface area contributed by atoms with Crippen LogP contribution < -0.4 is 20.3 Å². The van der Waals surface area contributed by atoms with Gasteiger partial charge >= 0.3 is 0 Å². The van der Waals surface area contributed by atoms with Crippen LogP contribution in [0, 0.1) is 17.2 Å². The monoisotopic (exact) mass is 499 g/mol. The van der Waals surface area contributed by atoms with E-state index in [0.29, 0.717) is 29.4 Å². The smallest absolute Gasteiger partial charge is 0.258 e. The van der Waals surface area contributed by atoms with Gasteiger partial charge in [-0.15, -0.1) is 0 Å². The molecule has 1 unspecified atom stereocenters. The zero-order valence-corrected chi connectivity index (χ0v) is 20.1. The van der Waals surface area contributed by atoms with Crippen LogP contribution in [-0.4, -0.2) is 61.4 Å². The normalized spacial score (nSPS) is 18.7. The van der Waals surface area contributed by atoms with Gasteiger partial charge in [-0.3, -0.25) is 9.52 Å². The summed E-state index contributed by atoms with van der Waals surface area (Å²) in [7, 11) is -3.72. The van der Waals surface area contributed by atoms with E-state index in [9.17, 15) is 18.5 Å². The molecule has 2 aromatic rings. The van der Waals surface area contributed by atoms with E-state index in [0.717, 1.165) is 45.2 Å². The Kier molecular flexibility index (Phi) is 7.67. The highest BCUT2D eigenvalue weighted by atomic mass is 32.2. The summed E-state index contributed by atoms with van der Waals surface area (Å²) in [4.78, 5) is 24.0. The Morgan fingerprint density at radius 1 is 1.20 bits per heavy atom. The van der Waals surface area contributed by atoms with Crippen molar-refractivity contribution < 1.29 is 18.3 Å². The molecular weight excluding hydrogens is 470 g/mol. The SMILES string of the molecule is N#Cc1cc2nc(n1)NCCCCC1CCCN(C1)c1cc(NS(=O)(=O)CCO)ccc1C(=O)N2. The maximum Gasteiger partial charge on any atom is 0.258 e. The van der Waals surface area contributed by atoms with Crippen molar-refractivity contribution in [1.82, 2.24) is 9.97 Å². The van der Waals surface area contributed by atoms with Crippen molar-refractivity contribution in [2.75, 3.05) is 52.2 Å². The van der Waals surface area contributed by atoms with E-state index in [1.165, 1.54) is 12.1 Å². The van der Waals surface area contributed by atoms with Crippen LogP contribution in [-0.2, 0) is 10.0 Å². The number of fused-ring (bicyclic) bond motifs is 6. The molecule has 4 bridgehead atoms. The first-order valence-electron chi connectivity index (χ1n) is 11.7. The lowest BCUT2D eigenvalue weighted by Gasteiger charge is -2.35. The summed E-state index contributed by atoms with van der Waals surface area (Å²) >= 11 is 0. The van der Waals surface area contributed by atoms with Crippen molar-refractivity contribution >= 4 is 39.1 Å². The molecule has 2 aliphatic rings. The van der Waals surface area contributed by atoms with Crippen LogP contribution in [0.5, 0.6) is 0 Å². The van der Waals surface area contributed by atoms with Gasteiger partial charge in [0.15, 0.2) is 0 Å². The Labute approximate surface area is 204 Å². The molecule has 1 aromatic carbocycles. The first kappa shape index (κ1) is 24.7. The molecule has 11 nitrogen and oxygen atoms in total. The third-order valence-electron chi connectivity index (χ3n) is 6.14. The van der Waals surface area contributed by atoms with Crippen LogP contribution in [0.15, 0.2) is 24.3 Å². The standard InChI is InChI=1S/C23H29N7O4S/c24-14-18-13-21-27-22(32)19-7-6-17(29-35(33,34)11-10-31)12-20(19)30-9-3-5-16(15-30)4-1-2-8-25-23(26-18)28-21/h6-7,12-13,16,29,31H,1-5,8-11,15H2,(H2,25,26,27,28,32). The van der Waals surface area contributed by atoms with Gasteiger partial charge in [0.2, 0.25) is 16.0 Å². The van der Waals surface area contributed by atoms with Crippen LogP contribution in [0.1, 0.15) is 48.2 Å². The Morgan fingerprint density at radius 3 is 2.83 bits per heavy atom. The van der Waals surface area contributed by atoms with E-state index >= 15 is 0 Å². The Hall–Kier alpha value is -3.43. The fourth-order valence-corrected chi connectivity index (χ4v) is 5.34. The molecule has 186 valence electrons. The highest BCUT2D eigenvalue weighted by molar-refractivity contribution is 7.92. The number of hydrogen-bond acceptors (Lipinski definition) is 9. The fourth-order valence-electron chi connectivity index (χ4n) is 4.51. The quantitative estimate of drug-likeness (QED) is 0.494. The Balaban J connectivity index is 1.73. The van der Waals surface area contributed by atoms with Gasteiger partial charge in [-0.05, 0) is 49.8 Å². The number of anilines is 4. The molecule has 2 aliphatic heterocycles. The number of rotatable bonds is 4. The molecule has 1 saturated heterocycles. The van der Waals surface area contributed by atoms with Crippen molar-refractivity contribution in [1.29, 1.82) is 5.26 Å². The van der Waals surface area contributed by atoms with Crippen LogP contribution in [0.3, 0.4) is 0 Å². The number of nitrogens with zero attached hydrogens (tertiary/aromatic N) is 4. The number of carbonyl (C=O) groups excluding carboxylic acids is 1. The van der Waals surface area contributed by atoms with E-state index in [1.807, 2.05) is 6.07 Å². The number of aliphatic hydroxyl groups is 1. The summed E-state index contributed by atoms with van der Waals surface area (Å²) in [5, 5.41) is 24.3. The summed E-state index contributed by atoms with van der Waals surface area (Å²) in [6, 6.07) is 8.17. The molecule has 1 atom stereocenters. The zero-order chi connectivity index (χ0) is 24.8. The van der Waals surface area contributed by atoms with E-state index in [4.69, 9.17) is 5.11 Å². The molecule has 1 amide bonds. The lowest BCUT2D eigenvalue weighted by Crippen LogP contribution is -2.36. The van der Waals surface area contributed by atoms with Gasteiger partial charge in [0, 0.05) is 25.7 Å². The van der Waals surface area contributed by atoms with Crippen molar-refractivity contribution in [3.8, 4) is 6.07 Å². The largest absolute Gasteiger partial charge is 0.395 e. The molecule has 4 N–H and O–H groups in total. The predicted octanol–water partition coefficient (Wildman–Crippen LogP) is 2.15. The minimum absolute atomic E-state index is 0.135. The number of nitriles is 1. The highest BCUT2D eigenvalue weighted by Gasteiger charge is 2.25. The highest BCUT2D eigenvalue weighted by Crippen LogP contribution is 2.32. The van der Waals surface area contributed by atoms with Gasteiger partial charge in [0.25, 0.3) is 5.91 Å². The zero-order valence-electron chi connectivity index (χ0n) is 19.3. The van der Waals surface area contributed by atoms with Gasteiger partial charge in [-0.25, -0.2) is 13.4 Å². The third kappa shape index (κ3) is 6.37. The van der Waals surface area contributed by atoms with Crippen molar-refractivity contribution in [3.63, 3.8) is 0 Å². The van der Waals surface area contributed by atoms with Gasteiger partial charge in [0.05, 0.1) is 29.3 Å². The maximum absolute atomic E-state index is 13.3. The number of sulfonamides is 1. The first-order chi connectivity index (χ1) is 16.9. The molecule has 3 heterocycles. The average molecular weight is 500 g/mol. The van der Waals surface area contributed by atoms with Gasteiger partial charge in [0.1, 0.15) is 17.6 Å². The molecule has 12 heteroatoms.